The van der Waals surface area contributed by atoms with Gasteiger partial charge in [-0.15, -0.1) is 11.6 Å². The molecule has 0 aliphatic rings. The van der Waals surface area contributed by atoms with E-state index in [4.69, 9.17) is 11.6 Å². The molecule has 1 N–H and O–H groups in total. The topological polar surface area (TPSA) is 40.5 Å². The van der Waals surface area contributed by atoms with E-state index in [0.29, 0.717) is 5.56 Å². The summed E-state index contributed by atoms with van der Waals surface area (Å²) in [4.78, 5) is 13.7. The Morgan fingerprint density at radius 2 is 1.74 bits per heavy atom. The Balaban J connectivity index is 2.18. The number of hydrogen-bond donors (Lipinski definition) is 1. The van der Waals surface area contributed by atoms with E-state index in [9.17, 15) is 14.3 Å². The van der Waals surface area contributed by atoms with Crippen molar-refractivity contribution in [2.24, 2.45) is 0 Å². The predicted molar refractivity (Wildman–Crippen MR) is 88.6 cm³/mol. The van der Waals surface area contributed by atoms with Crippen LogP contribution in [-0.4, -0.2) is 28.3 Å². The fraction of sp³-hybridized carbons (Fsp3) is 0.278. The molecule has 0 aromatic heterocycles. The van der Waals surface area contributed by atoms with Gasteiger partial charge in [0.1, 0.15) is 11.7 Å². The maximum absolute atomic E-state index is 13.0. The molecule has 2 rings (SSSR count). The maximum atomic E-state index is 13.0. The van der Waals surface area contributed by atoms with Crippen molar-refractivity contribution in [1.82, 2.24) is 4.90 Å². The molecule has 3 nitrogen and oxygen atoms in total. The van der Waals surface area contributed by atoms with Gasteiger partial charge in [0.2, 0.25) is 5.91 Å². The number of aliphatic hydroxyl groups excluding tert-OH is 1. The standard InChI is InChI=1S/C18H19ClFNO2/c1-13(14-5-3-2-4-6-14)21(18(23)11-19)12-17(22)15-7-9-16(20)10-8-15/h2-10,13,17,22H,11-12H2,1H3/t13-,17+/m0/s1. The van der Waals surface area contributed by atoms with Crippen molar-refractivity contribution in [2.45, 2.75) is 19.1 Å². The Kier molecular flexibility index (Phi) is 6.13. The van der Waals surface area contributed by atoms with E-state index in [0.717, 1.165) is 5.56 Å². The first-order valence-corrected chi connectivity index (χ1v) is 7.90. The van der Waals surface area contributed by atoms with Crippen molar-refractivity contribution in [3.63, 3.8) is 0 Å². The molecule has 0 bridgehead atoms. The Morgan fingerprint density at radius 3 is 2.30 bits per heavy atom. The van der Waals surface area contributed by atoms with Crippen LogP contribution < -0.4 is 0 Å². The molecule has 1 amide bonds. The summed E-state index contributed by atoms with van der Waals surface area (Å²) < 4.78 is 13.0. The molecule has 0 heterocycles. The van der Waals surface area contributed by atoms with Crippen LogP contribution in [0.5, 0.6) is 0 Å². The van der Waals surface area contributed by atoms with Gasteiger partial charge < -0.3 is 10.0 Å². The smallest absolute Gasteiger partial charge is 0.238 e. The van der Waals surface area contributed by atoms with Crippen molar-refractivity contribution in [3.05, 3.63) is 71.5 Å². The molecule has 0 saturated heterocycles. The number of benzene rings is 2. The lowest BCUT2D eigenvalue weighted by Crippen LogP contribution is -2.37. The van der Waals surface area contributed by atoms with Crippen LogP contribution in [0.3, 0.4) is 0 Å². The number of nitrogens with zero attached hydrogens (tertiary/aromatic N) is 1. The summed E-state index contributed by atoms with van der Waals surface area (Å²) >= 11 is 5.71. The molecule has 0 spiro atoms. The molecule has 0 radical (unpaired) electrons. The molecule has 23 heavy (non-hydrogen) atoms. The number of carbonyl (C=O) groups is 1. The fourth-order valence-electron chi connectivity index (χ4n) is 2.44. The average Bonchev–Trinajstić information content (AvgIpc) is 2.59. The van der Waals surface area contributed by atoms with E-state index in [2.05, 4.69) is 0 Å². The second kappa shape index (κ2) is 8.09. The van der Waals surface area contributed by atoms with Crippen LogP contribution in [0.4, 0.5) is 4.39 Å². The number of carbonyl (C=O) groups excluding carboxylic acids is 1. The summed E-state index contributed by atoms with van der Waals surface area (Å²) in [6, 6.07) is 14.9. The number of hydrogen-bond acceptors (Lipinski definition) is 2. The summed E-state index contributed by atoms with van der Waals surface area (Å²) in [6.07, 6.45) is -0.908. The van der Waals surface area contributed by atoms with Crippen LogP contribution in [0.1, 0.15) is 30.2 Å². The molecule has 2 aromatic rings. The highest BCUT2D eigenvalue weighted by Gasteiger charge is 2.24. The van der Waals surface area contributed by atoms with E-state index in [1.807, 2.05) is 37.3 Å². The predicted octanol–water partition coefficient (Wildman–Crippen LogP) is 3.69. The van der Waals surface area contributed by atoms with E-state index in [1.165, 1.54) is 29.2 Å². The summed E-state index contributed by atoms with van der Waals surface area (Å²) in [6.45, 7) is 1.98. The molecule has 0 saturated carbocycles. The minimum absolute atomic E-state index is 0.0905. The second-order valence-electron chi connectivity index (χ2n) is 5.33. The molecule has 0 aliphatic carbocycles. The minimum atomic E-state index is -0.908. The third kappa shape index (κ3) is 4.53. The van der Waals surface area contributed by atoms with Crippen molar-refractivity contribution >= 4 is 17.5 Å². The first kappa shape index (κ1) is 17.4. The number of alkyl halides is 1. The van der Waals surface area contributed by atoms with Gasteiger partial charge in [0.25, 0.3) is 0 Å². The molecule has 0 aliphatic heterocycles. The number of rotatable bonds is 6. The second-order valence-corrected chi connectivity index (χ2v) is 5.60. The monoisotopic (exact) mass is 335 g/mol. The Bertz CT molecular complexity index is 633. The van der Waals surface area contributed by atoms with E-state index in [1.54, 1.807) is 0 Å². The summed E-state index contributed by atoms with van der Waals surface area (Å²) in [5.41, 5.74) is 1.51. The summed E-state index contributed by atoms with van der Waals surface area (Å²) in [7, 11) is 0. The Labute approximate surface area is 140 Å². The summed E-state index contributed by atoms with van der Waals surface area (Å²) in [5.74, 6) is -0.788. The Morgan fingerprint density at radius 1 is 1.13 bits per heavy atom. The third-order valence-corrected chi connectivity index (χ3v) is 4.04. The fourth-order valence-corrected chi connectivity index (χ4v) is 2.59. The van der Waals surface area contributed by atoms with Crippen molar-refractivity contribution in [3.8, 4) is 0 Å². The van der Waals surface area contributed by atoms with Crippen molar-refractivity contribution in [2.75, 3.05) is 12.4 Å². The normalized spacial score (nSPS) is 13.4. The van der Waals surface area contributed by atoms with Crippen molar-refractivity contribution < 1.29 is 14.3 Å². The van der Waals surface area contributed by atoms with Gasteiger partial charge in [0.05, 0.1) is 18.7 Å². The van der Waals surface area contributed by atoms with Gasteiger partial charge in [-0.3, -0.25) is 4.79 Å². The van der Waals surface area contributed by atoms with Gasteiger partial charge in [-0.1, -0.05) is 42.5 Å². The van der Waals surface area contributed by atoms with Crippen LogP contribution in [0.15, 0.2) is 54.6 Å². The lowest BCUT2D eigenvalue weighted by atomic mass is 10.0. The van der Waals surface area contributed by atoms with Crippen LogP contribution in [0, 0.1) is 5.82 Å². The summed E-state index contributed by atoms with van der Waals surface area (Å²) in [5, 5.41) is 10.4. The number of halogens is 2. The van der Waals surface area contributed by atoms with Crippen LogP contribution in [-0.2, 0) is 4.79 Å². The SMILES string of the molecule is C[C@@H](c1ccccc1)N(C[C@@H](O)c1ccc(F)cc1)C(=O)CCl. The van der Waals surface area contributed by atoms with Crippen LogP contribution in [0.25, 0.3) is 0 Å². The highest BCUT2D eigenvalue weighted by atomic mass is 35.5. The van der Waals surface area contributed by atoms with Gasteiger partial charge in [-0.2, -0.15) is 0 Å². The Hall–Kier alpha value is -1.91. The lowest BCUT2D eigenvalue weighted by Gasteiger charge is -2.31. The molecule has 0 unspecified atom stereocenters. The van der Waals surface area contributed by atoms with Crippen LogP contribution in [0.2, 0.25) is 0 Å². The zero-order valence-corrected chi connectivity index (χ0v) is 13.6. The first-order chi connectivity index (χ1) is 11.0. The van der Waals surface area contributed by atoms with Gasteiger partial charge in [0.15, 0.2) is 0 Å². The average molecular weight is 336 g/mol. The molecule has 0 fully saturated rings. The van der Waals surface area contributed by atoms with Crippen molar-refractivity contribution in [1.29, 1.82) is 0 Å². The molecule has 122 valence electrons. The molecular formula is C18H19ClFNO2. The highest BCUT2D eigenvalue weighted by molar-refractivity contribution is 6.27. The van der Waals surface area contributed by atoms with Gasteiger partial charge in [0, 0.05) is 0 Å². The number of aliphatic hydroxyl groups is 1. The molecule has 5 heteroatoms. The van der Waals surface area contributed by atoms with Gasteiger partial charge in [-0.25, -0.2) is 4.39 Å². The van der Waals surface area contributed by atoms with E-state index >= 15 is 0 Å². The van der Waals surface area contributed by atoms with E-state index < -0.39 is 6.10 Å². The molecule has 2 atom stereocenters. The van der Waals surface area contributed by atoms with Crippen LogP contribution >= 0.6 is 11.6 Å². The van der Waals surface area contributed by atoms with Gasteiger partial charge >= 0.3 is 0 Å². The lowest BCUT2D eigenvalue weighted by molar-refractivity contribution is -0.132. The minimum Gasteiger partial charge on any atom is -0.387 e. The molecular weight excluding hydrogens is 317 g/mol. The first-order valence-electron chi connectivity index (χ1n) is 7.37. The number of amides is 1. The van der Waals surface area contributed by atoms with E-state index in [-0.39, 0.29) is 30.2 Å². The highest BCUT2D eigenvalue weighted by Crippen LogP contribution is 2.24. The third-order valence-electron chi connectivity index (χ3n) is 3.81. The zero-order valence-electron chi connectivity index (χ0n) is 12.8. The largest absolute Gasteiger partial charge is 0.387 e. The maximum Gasteiger partial charge on any atom is 0.238 e. The quantitative estimate of drug-likeness (QED) is 0.818. The zero-order chi connectivity index (χ0) is 16.8. The van der Waals surface area contributed by atoms with Gasteiger partial charge in [-0.05, 0) is 30.2 Å². The molecule has 2 aromatic carbocycles.